The van der Waals surface area contributed by atoms with Crippen LogP contribution in [0.1, 0.15) is 34.6 Å². The van der Waals surface area contributed by atoms with Gasteiger partial charge in [0.05, 0.1) is 23.2 Å². The van der Waals surface area contributed by atoms with Crippen LogP contribution in [0.15, 0.2) is 41.0 Å². The molecular weight excluding hydrogens is 332 g/mol. The first kappa shape index (κ1) is 15.5. The number of rotatable bonds is 4. The summed E-state index contributed by atoms with van der Waals surface area (Å²) >= 11 is 3.45. The van der Waals surface area contributed by atoms with E-state index in [1.54, 1.807) is 19.4 Å². The second-order valence-electron chi connectivity index (χ2n) is 4.78. The van der Waals surface area contributed by atoms with Crippen molar-refractivity contribution in [2.24, 2.45) is 0 Å². The van der Waals surface area contributed by atoms with Gasteiger partial charge >= 0.3 is 0 Å². The van der Waals surface area contributed by atoms with Gasteiger partial charge in [0.1, 0.15) is 5.75 Å². The first-order valence-electron chi connectivity index (χ1n) is 6.58. The average molecular weight is 349 g/mol. The van der Waals surface area contributed by atoms with E-state index in [4.69, 9.17) is 4.74 Å². The minimum absolute atomic E-state index is 0.110. The van der Waals surface area contributed by atoms with Crippen molar-refractivity contribution >= 4 is 21.8 Å². The Hall–Kier alpha value is -1.88. The number of carbonyl (C=O) groups is 1. The minimum atomic E-state index is -0.137. The molecule has 1 amide bonds. The lowest BCUT2D eigenvalue weighted by atomic mass is 10.1. The minimum Gasteiger partial charge on any atom is -0.496 e. The van der Waals surface area contributed by atoms with Crippen molar-refractivity contribution in [3.63, 3.8) is 0 Å². The highest BCUT2D eigenvalue weighted by atomic mass is 79.9. The van der Waals surface area contributed by atoms with E-state index in [-0.39, 0.29) is 11.9 Å². The van der Waals surface area contributed by atoms with Crippen molar-refractivity contribution in [1.29, 1.82) is 0 Å². The Labute approximate surface area is 132 Å². The standard InChI is InChI=1S/C16H17BrN2O2/c1-10-4-5-13(9-18-10)16(20)19-11(2)12-6-7-15(21-3)14(17)8-12/h4-9,11H,1-3H3,(H,19,20). The first-order chi connectivity index (χ1) is 10.0. The summed E-state index contributed by atoms with van der Waals surface area (Å²) in [6.45, 7) is 3.83. The Morgan fingerprint density at radius 3 is 2.67 bits per heavy atom. The number of nitrogens with zero attached hydrogens (tertiary/aromatic N) is 1. The van der Waals surface area contributed by atoms with Crippen molar-refractivity contribution in [2.75, 3.05) is 7.11 Å². The maximum atomic E-state index is 12.2. The Morgan fingerprint density at radius 2 is 2.10 bits per heavy atom. The zero-order valence-electron chi connectivity index (χ0n) is 12.2. The van der Waals surface area contributed by atoms with Crippen molar-refractivity contribution in [1.82, 2.24) is 10.3 Å². The van der Waals surface area contributed by atoms with Gasteiger partial charge in [-0.1, -0.05) is 6.07 Å². The van der Waals surface area contributed by atoms with Crippen molar-refractivity contribution in [3.05, 3.63) is 57.8 Å². The highest BCUT2D eigenvalue weighted by molar-refractivity contribution is 9.10. The first-order valence-corrected chi connectivity index (χ1v) is 7.37. The number of methoxy groups -OCH3 is 1. The molecule has 1 atom stereocenters. The number of aryl methyl sites for hydroxylation is 1. The molecular formula is C16H17BrN2O2. The van der Waals surface area contributed by atoms with E-state index >= 15 is 0 Å². The summed E-state index contributed by atoms with van der Waals surface area (Å²) in [5, 5.41) is 2.96. The lowest BCUT2D eigenvalue weighted by Crippen LogP contribution is -2.26. The SMILES string of the molecule is COc1ccc(C(C)NC(=O)c2ccc(C)nc2)cc1Br. The number of hydrogen-bond acceptors (Lipinski definition) is 3. The molecule has 1 heterocycles. The van der Waals surface area contributed by atoms with Gasteiger partial charge in [-0.15, -0.1) is 0 Å². The van der Waals surface area contributed by atoms with Gasteiger partial charge in [-0.2, -0.15) is 0 Å². The molecule has 1 aromatic carbocycles. The van der Waals surface area contributed by atoms with Crippen molar-refractivity contribution in [3.8, 4) is 5.75 Å². The third-order valence-electron chi connectivity index (χ3n) is 3.20. The molecule has 1 aromatic heterocycles. The summed E-state index contributed by atoms with van der Waals surface area (Å²) in [4.78, 5) is 16.3. The Kier molecular flexibility index (Phi) is 4.96. The third-order valence-corrected chi connectivity index (χ3v) is 3.82. The molecule has 0 spiro atoms. The number of nitrogens with one attached hydrogen (secondary N) is 1. The maximum absolute atomic E-state index is 12.2. The van der Waals surface area contributed by atoms with E-state index in [1.807, 2.05) is 38.1 Å². The predicted molar refractivity (Wildman–Crippen MR) is 85.5 cm³/mol. The van der Waals surface area contributed by atoms with Crippen LogP contribution in [0.5, 0.6) is 5.75 Å². The van der Waals surface area contributed by atoms with Crippen LogP contribution in [-0.2, 0) is 0 Å². The number of ether oxygens (including phenoxy) is 1. The van der Waals surface area contributed by atoms with Gasteiger partial charge in [-0.05, 0) is 59.6 Å². The largest absolute Gasteiger partial charge is 0.496 e. The van der Waals surface area contributed by atoms with E-state index in [1.165, 1.54) is 0 Å². The van der Waals surface area contributed by atoms with Gasteiger partial charge < -0.3 is 10.1 Å². The van der Waals surface area contributed by atoms with Gasteiger partial charge in [0, 0.05) is 11.9 Å². The quantitative estimate of drug-likeness (QED) is 0.917. The van der Waals surface area contributed by atoms with E-state index in [2.05, 4.69) is 26.2 Å². The zero-order valence-corrected chi connectivity index (χ0v) is 13.8. The molecule has 2 rings (SSSR count). The number of pyridine rings is 1. The Morgan fingerprint density at radius 1 is 1.33 bits per heavy atom. The van der Waals surface area contributed by atoms with Gasteiger partial charge in [0.15, 0.2) is 0 Å². The summed E-state index contributed by atoms with van der Waals surface area (Å²) < 4.78 is 6.06. The van der Waals surface area contributed by atoms with Crippen LogP contribution in [0.25, 0.3) is 0 Å². The molecule has 1 N–H and O–H groups in total. The molecule has 0 radical (unpaired) electrons. The summed E-state index contributed by atoms with van der Waals surface area (Å²) in [5.74, 6) is 0.627. The molecule has 4 nitrogen and oxygen atoms in total. The lowest BCUT2D eigenvalue weighted by molar-refractivity contribution is 0.0939. The maximum Gasteiger partial charge on any atom is 0.253 e. The molecule has 0 aliphatic carbocycles. The van der Waals surface area contributed by atoms with E-state index in [0.29, 0.717) is 5.56 Å². The fraction of sp³-hybridized carbons (Fsp3) is 0.250. The van der Waals surface area contributed by atoms with E-state index < -0.39 is 0 Å². The second kappa shape index (κ2) is 6.72. The van der Waals surface area contributed by atoms with E-state index in [0.717, 1.165) is 21.5 Å². The van der Waals surface area contributed by atoms with Gasteiger partial charge in [0.2, 0.25) is 0 Å². The summed E-state index contributed by atoms with van der Waals surface area (Å²) in [5.41, 5.74) is 2.44. The van der Waals surface area contributed by atoms with Gasteiger partial charge in [-0.25, -0.2) is 0 Å². The van der Waals surface area contributed by atoms with Crippen LogP contribution in [0.4, 0.5) is 0 Å². The second-order valence-corrected chi connectivity index (χ2v) is 5.63. The van der Waals surface area contributed by atoms with Crippen LogP contribution in [0, 0.1) is 6.92 Å². The number of hydrogen-bond donors (Lipinski definition) is 1. The predicted octanol–water partition coefficient (Wildman–Crippen LogP) is 3.65. The molecule has 0 saturated carbocycles. The van der Waals surface area contributed by atoms with Crippen LogP contribution in [0.2, 0.25) is 0 Å². The number of aromatic nitrogens is 1. The molecule has 0 aliphatic rings. The van der Waals surface area contributed by atoms with Gasteiger partial charge in [0.25, 0.3) is 5.91 Å². The molecule has 0 bridgehead atoms. The lowest BCUT2D eigenvalue weighted by Gasteiger charge is -2.15. The Balaban J connectivity index is 2.10. The normalized spacial score (nSPS) is 11.8. The monoisotopic (exact) mass is 348 g/mol. The smallest absolute Gasteiger partial charge is 0.253 e. The fourth-order valence-corrected chi connectivity index (χ4v) is 2.48. The zero-order chi connectivity index (χ0) is 15.4. The average Bonchev–Trinajstić information content (AvgIpc) is 2.47. The molecule has 0 aliphatic heterocycles. The topological polar surface area (TPSA) is 51.2 Å². The van der Waals surface area contributed by atoms with Crippen LogP contribution in [0.3, 0.4) is 0 Å². The van der Waals surface area contributed by atoms with Crippen LogP contribution < -0.4 is 10.1 Å². The highest BCUT2D eigenvalue weighted by Crippen LogP contribution is 2.28. The van der Waals surface area contributed by atoms with Gasteiger partial charge in [-0.3, -0.25) is 9.78 Å². The molecule has 2 aromatic rings. The Bertz CT molecular complexity index is 641. The molecule has 110 valence electrons. The van der Waals surface area contributed by atoms with Crippen molar-refractivity contribution < 1.29 is 9.53 Å². The van der Waals surface area contributed by atoms with Crippen LogP contribution in [-0.4, -0.2) is 18.0 Å². The molecule has 5 heteroatoms. The number of benzene rings is 1. The van der Waals surface area contributed by atoms with Crippen molar-refractivity contribution in [2.45, 2.75) is 19.9 Å². The highest BCUT2D eigenvalue weighted by Gasteiger charge is 2.13. The van der Waals surface area contributed by atoms with Crippen LogP contribution >= 0.6 is 15.9 Å². The number of carbonyl (C=O) groups excluding carboxylic acids is 1. The number of amides is 1. The summed E-state index contributed by atoms with van der Waals surface area (Å²) in [6, 6.07) is 9.23. The molecule has 0 fully saturated rings. The molecule has 21 heavy (non-hydrogen) atoms. The number of halogens is 1. The summed E-state index contributed by atoms with van der Waals surface area (Å²) in [7, 11) is 1.62. The fourth-order valence-electron chi connectivity index (χ4n) is 1.92. The third kappa shape index (κ3) is 3.82. The van der Waals surface area contributed by atoms with E-state index in [9.17, 15) is 4.79 Å². The summed E-state index contributed by atoms with van der Waals surface area (Å²) in [6.07, 6.45) is 1.58. The molecule has 1 unspecified atom stereocenters. The molecule has 0 saturated heterocycles.